The highest BCUT2D eigenvalue weighted by Gasteiger charge is 2.36. The number of nitrogens with zero attached hydrogens (tertiary/aromatic N) is 2. The average molecular weight is 430 g/mol. The molecule has 2 aromatic carbocycles. The normalized spacial score (nSPS) is 18.3. The number of rotatable bonds is 3. The van der Waals surface area contributed by atoms with Gasteiger partial charge in [-0.15, -0.1) is 0 Å². The molecule has 1 atom stereocenters. The molecule has 0 bridgehead atoms. The summed E-state index contributed by atoms with van der Waals surface area (Å²) in [6, 6.07) is 10.8. The highest BCUT2D eigenvalue weighted by Crippen LogP contribution is 2.36. The summed E-state index contributed by atoms with van der Waals surface area (Å²) in [6.07, 6.45) is 0.150. The molecule has 148 valence electrons. The molecule has 0 unspecified atom stereocenters. The standard InChI is InChI=1S/C20H16ClN3O4S/c21-12-1-3-14-17(8-12)29-20(22-14)23-19(26)11-7-18(25)24(10-11)13-2-4-15-16(9-13)28-6-5-27-15/h1-4,8-9,11H,5-7,10H2,(H,22,23,26)/t11-/m0/s1. The Morgan fingerprint density at radius 2 is 2.00 bits per heavy atom. The van der Waals surface area contributed by atoms with Crippen LogP contribution >= 0.6 is 22.9 Å². The Labute approximate surface area is 175 Å². The molecule has 7 nitrogen and oxygen atoms in total. The van der Waals surface area contributed by atoms with Crippen molar-refractivity contribution < 1.29 is 19.1 Å². The van der Waals surface area contributed by atoms with Gasteiger partial charge in [0.15, 0.2) is 16.6 Å². The zero-order chi connectivity index (χ0) is 20.0. The van der Waals surface area contributed by atoms with E-state index in [4.69, 9.17) is 21.1 Å². The second-order valence-corrected chi connectivity index (χ2v) is 8.32. The minimum Gasteiger partial charge on any atom is -0.486 e. The third-order valence-electron chi connectivity index (χ3n) is 4.91. The molecule has 5 rings (SSSR count). The highest BCUT2D eigenvalue weighted by molar-refractivity contribution is 7.22. The zero-order valence-corrected chi connectivity index (χ0v) is 16.8. The van der Waals surface area contributed by atoms with Gasteiger partial charge in [-0.3, -0.25) is 9.59 Å². The maximum Gasteiger partial charge on any atom is 0.231 e. The number of benzene rings is 2. The van der Waals surface area contributed by atoms with Crippen LogP contribution < -0.4 is 19.7 Å². The van der Waals surface area contributed by atoms with Crippen molar-refractivity contribution in [3.8, 4) is 11.5 Å². The van der Waals surface area contributed by atoms with Gasteiger partial charge in [-0.2, -0.15) is 0 Å². The van der Waals surface area contributed by atoms with E-state index in [2.05, 4.69) is 10.3 Å². The van der Waals surface area contributed by atoms with Gasteiger partial charge in [0.05, 0.1) is 16.1 Å². The molecule has 2 aliphatic rings. The predicted molar refractivity (Wildman–Crippen MR) is 111 cm³/mol. The zero-order valence-electron chi connectivity index (χ0n) is 15.2. The smallest absolute Gasteiger partial charge is 0.231 e. The SMILES string of the molecule is O=C(Nc1nc2ccc(Cl)cc2s1)[C@H]1CC(=O)N(c2ccc3c(c2)OCCO3)C1. The first-order valence-corrected chi connectivity index (χ1v) is 10.3. The van der Waals surface area contributed by atoms with Gasteiger partial charge in [0.25, 0.3) is 0 Å². The number of hydrogen-bond donors (Lipinski definition) is 1. The largest absolute Gasteiger partial charge is 0.486 e. The van der Waals surface area contributed by atoms with E-state index in [1.807, 2.05) is 18.2 Å². The van der Waals surface area contributed by atoms with Crippen LogP contribution in [0.1, 0.15) is 6.42 Å². The molecule has 2 amide bonds. The van der Waals surface area contributed by atoms with Gasteiger partial charge in [-0.1, -0.05) is 22.9 Å². The third-order valence-corrected chi connectivity index (χ3v) is 6.08. The summed E-state index contributed by atoms with van der Waals surface area (Å²) in [5.41, 5.74) is 1.47. The van der Waals surface area contributed by atoms with E-state index in [-0.39, 0.29) is 18.2 Å². The van der Waals surface area contributed by atoms with Crippen molar-refractivity contribution >= 4 is 55.8 Å². The molecule has 0 aliphatic carbocycles. The van der Waals surface area contributed by atoms with Crippen molar-refractivity contribution in [2.45, 2.75) is 6.42 Å². The van der Waals surface area contributed by atoms with Crippen molar-refractivity contribution in [1.29, 1.82) is 0 Å². The number of aromatic nitrogens is 1. The fraction of sp³-hybridized carbons (Fsp3) is 0.250. The highest BCUT2D eigenvalue weighted by atomic mass is 35.5. The number of fused-ring (bicyclic) bond motifs is 2. The van der Waals surface area contributed by atoms with Crippen LogP contribution in [0.25, 0.3) is 10.2 Å². The first-order valence-electron chi connectivity index (χ1n) is 9.14. The molecule has 1 aromatic heterocycles. The number of carbonyl (C=O) groups is 2. The van der Waals surface area contributed by atoms with Crippen LogP contribution in [-0.4, -0.2) is 36.6 Å². The molecule has 9 heteroatoms. The number of thiazole rings is 1. The topological polar surface area (TPSA) is 80.8 Å². The Hall–Kier alpha value is -2.84. The molecule has 1 N–H and O–H groups in total. The van der Waals surface area contributed by atoms with Crippen molar-refractivity contribution in [2.75, 3.05) is 30.0 Å². The predicted octanol–water partition coefficient (Wildman–Crippen LogP) is 3.71. The Balaban J connectivity index is 1.31. The van der Waals surface area contributed by atoms with E-state index in [1.165, 1.54) is 11.3 Å². The van der Waals surface area contributed by atoms with Gasteiger partial charge in [0, 0.05) is 29.7 Å². The Morgan fingerprint density at radius 1 is 1.17 bits per heavy atom. The molecule has 1 fully saturated rings. The molecule has 3 aromatic rings. The van der Waals surface area contributed by atoms with Crippen molar-refractivity contribution in [1.82, 2.24) is 4.98 Å². The monoisotopic (exact) mass is 429 g/mol. The van der Waals surface area contributed by atoms with E-state index < -0.39 is 5.92 Å². The van der Waals surface area contributed by atoms with E-state index in [1.54, 1.807) is 23.1 Å². The van der Waals surface area contributed by atoms with Crippen molar-refractivity contribution in [2.24, 2.45) is 5.92 Å². The maximum absolute atomic E-state index is 12.7. The molecule has 0 radical (unpaired) electrons. The summed E-state index contributed by atoms with van der Waals surface area (Å²) in [5.74, 6) is 0.507. The number of ether oxygens (including phenoxy) is 2. The summed E-state index contributed by atoms with van der Waals surface area (Å²) < 4.78 is 12.0. The number of halogens is 1. The molecular formula is C20H16ClN3O4S. The van der Waals surface area contributed by atoms with Crippen molar-refractivity contribution in [3.05, 3.63) is 41.4 Å². The first-order chi connectivity index (χ1) is 14.1. The van der Waals surface area contributed by atoms with E-state index in [0.717, 1.165) is 10.2 Å². The lowest BCUT2D eigenvalue weighted by Crippen LogP contribution is -2.28. The summed E-state index contributed by atoms with van der Waals surface area (Å²) in [6.45, 7) is 1.29. The quantitative estimate of drug-likeness (QED) is 0.686. The fourth-order valence-corrected chi connectivity index (χ4v) is 4.64. The lowest BCUT2D eigenvalue weighted by atomic mass is 10.1. The van der Waals surface area contributed by atoms with Crippen LogP contribution in [-0.2, 0) is 9.59 Å². The van der Waals surface area contributed by atoms with E-state index in [0.29, 0.717) is 47.1 Å². The molecule has 3 heterocycles. The minimum absolute atomic E-state index is 0.0992. The van der Waals surface area contributed by atoms with Gasteiger partial charge in [0.2, 0.25) is 11.8 Å². The second-order valence-electron chi connectivity index (χ2n) is 6.85. The summed E-state index contributed by atoms with van der Waals surface area (Å²) in [5, 5.41) is 3.96. The minimum atomic E-state index is -0.452. The Kier molecular flexibility index (Phi) is 4.52. The van der Waals surface area contributed by atoms with Gasteiger partial charge in [-0.25, -0.2) is 4.98 Å². The molecule has 0 spiro atoms. The molecular weight excluding hydrogens is 414 g/mol. The Bertz CT molecular complexity index is 1130. The van der Waals surface area contributed by atoms with Gasteiger partial charge in [-0.05, 0) is 30.3 Å². The average Bonchev–Trinajstić information content (AvgIpc) is 3.30. The van der Waals surface area contributed by atoms with Gasteiger partial charge >= 0.3 is 0 Å². The number of nitrogens with one attached hydrogen (secondary N) is 1. The number of amides is 2. The molecule has 1 saturated heterocycles. The third kappa shape index (κ3) is 3.49. The second kappa shape index (κ2) is 7.20. The lowest BCUT2D eigenvalue weighted by Gasteiger charge is -2.22. The number of hydrogen-bond acceptors (Lipinski definition) is 6. The number of anilines is 2. The van der Waals surface area contributed by atoms with Crippen LogP contribution in [0.2, 0.25) is 5.02 Å². The summed E-state index contributed by atoms with van der Waals surface area (Å²) in [7, 11) is 0. The van der Waals surface area contributed by atoms with Gasteiger partial charge in [0.1, 0.15) is 13.2 Å². The van der Waals surface area contributed by atoms with Crippen LogP contribution in [0.15, 0.2) is 36.4 Å². The summed E-state index contributed by atoms with van der Waals surface area (Å²) >= 11 is 7.36. The lowest BCUT2D eigenvalue weighted by molar-refractivity contribution is -0.122. The molecule has 2 aliphatic heterocycles. The summed E-state index contributed by atoms with van der Waals surface area (Å²) in [4.78, 5) is 31.3. The first kappa shape index (κ1) is 18.2. The number of carbonyl (C=O) groups excluding carboxylic acids is 2. The maximum atomic E-state index is 12.7. The Morgan fingerprint density at radius 3 is 2.86 bits per heavy atom. The molecule has 0 saturated carbocycles. The van der Waals surface area contributed by atoms with Crippen LogP contribution in [0, 0.1) is 5.92 Å². The van der Waals surface area contributed by atoms with Crippen LogP contribution in [0.5, 0.6) is 11.5 Å². The van der Waals surface area contributed by atoms with Gasteiger partial charge < -0.3 is 19.7 Å². The fourth-order valence-electron chi connectivity index (χ4n) is 3.49. The van der Waals surface area contributed by atoms with E-state index in [9.17, 15) is 9.59 Å². The van der Waals surface area contributed by atoms with Crippen LogP contribution in [0.4, 0.5) is 10.8 Å². The van der Waals surface area contributed by atoms with Crippen molar-refractivity contribution in [3.63, 3.8) is 0 Å². The van der Waals surface area contributed by atoms with E-state index >= 15 is 0 Å². The van der Waals surface area contributed by atoms with Crippen LogP contribution in [0.3, 0.4) is 0 Å². The molecule has 29 heavy (non-hydrogen) atoms.